The number of fused-ring (bicyclic) bond motifs is 2. The van der Waals surface area contributed by atoms with Crippen molar-refractivity contribution in [3.8, 4) is 0 Å². The Balaban J connectivity index is 1.88. The van der Waals surface area contributed by atoms with Crippen LogP contribution < -0.4 is 0 Å². The number of nitrogens with zero attached hydrogens (tertiary/aromatic N) is 1. The average molecular weight is 343 g/mol. The highest BCUT2D eigenvalue weighted by Crippen LogP contribution is 2.38. The molecule has 2 unspecified atom stereocenters. The minimum absolute atomic E-state index is 0.167. The van der Waals surface area contributed by atoms with Gasteiger partial charge in [0.1, 0.15) is 0 Å². The predicted octanol–water partition coefficient (Wildman–Crippen LogP) is 4.13. The van der Waals surface area contributed by atoms with Gasteiger partial charge in [-0.25, -0.2) is 0 Å². The number of rotatable bonds is 1. The molecular formula is C15H17BrClNO. The standard InChI is InChI=1S/C15H17BrClNO/c1-9-4-10(6-11(16)5-9)15(19)18-13-2-3-14(18)8-12(17)7-13/h4-6,12-14H,2-3,7-8H2,1H3. The second-order valence-electron chi connectivity index (χ2n) is 5.68. The highest BCUT2D eigenvalue weighted by Gasteiger charge is 2.42. The molecule has 0 N–H and O–H groups in total. The van der Waals surface area contributed by atoms with Crippen molar-refractivity contribution >= 4 is 33.4 Å². The maximum Gasteiger partial charge on any atom is 0.254 e. The van der Waals surface area contributed by atoms with Crippen LogP contribution >= 0.6 is 27.5 Å². The van der Waals surface area contributed by atoms with Crippen molar-refractivity contribution in [3.05, 3.63) is 33.8 Å². The van der Waals surface area contributed by atoms with E-state index in [1.165, 1.54) is 0 Å². The van der Waals surface area contributed by atoms with Gasteiger partial charge in [0.2, 0.25) is 0 Å². The maximum atomic E-state index is 12.7. The van der Waals surface area contributed by atoms with Crippen LogP contribution in [0.15, 0.2) is 22.7 Å². The first-order valence-electron chi connectivity index (χ1n) is 6.78. The summed E-state index contributed by atoms with van der Waals surface area (Å²) in [7, 11) is 0. The van der Waals surface area contributed by atoms with Crippen LogP contribution in [0.2, 0.25) is 0 Å². The number of carbonyl (C=O) groups excluding carboxylic acids is 1. The Morgan fingerprint density at radius 2 is 1.89 bits per heavy atom. The van der Waals surface area contributed by atoms with E-state index in [4.69, 9.17) is 11.6 Å². The van der Waals surface area contributed by atoms with Gasteiger partial charge in [0.15, 0.2) is 0 Å². The van der Waals surface area contributed by atoms with Gasteiger partial charge in [0.05, 0.1) is 0 Å². The summed E-state index contributed by atoms with van der Waals surface area (Å²) in [5.74, 6) is 0.167. The third-order valence-corrected chi connectivity index (χ3v) is 5.01. The van der Waals surface area contributed by atoms with Gasteiger partial charge in [0, 0.05) is 27.5 Å². The number of alkyl halides is 1. The average Bonchev–Trinajstić information content (AvgIpc) is 2.59. The molecule has 0 aliphatic carbocycles. The Morgan fingerprint density at radius 3 is 2.47 bits per heavy atom. The third-order valence-electron chi connectivity index (χ3n) is 4.20. The first kappa shape index (κ1) is 13.4. The van der Waals surface area contributed by atoms with E-state index < -0.39 is 0 Å². The van der Waals surface area contributed by atoms with Crippen LogP contribution in [0.1, 0.15) is 41.6 Å². The quantitative estimate of drug-likeness (QED) is 0.703. The second kappa shape index (κ2) is 5.10. The fraction of sp³-hybridized carbons (Fsp3) is 0.533. The number of piperidine rings is 1. The zero-order chi connectivity index (χ0) is 13.6. The Hall–Kier alpha value is -0.540. The number of carbonyl (C=O) groups is 1. The first-order chi connectivity index (χ1) is 9.04. The van der Waals surface area contributed by atoms with Gasteiger partial charge in [-0.05, 0) is 56.4 Å². The van der Waals surface area contributed by atoms with Gasteiger partial charge < -0.3 is 4.90 Å². The molecule has 2 fully saturated rings. The molecule has 2 aliphatic rings. The molecule has 1 aromatic carbocycles. The van der Waals surface area contributed by atoms with Gasteiger partial charge in [-0.15, -0.1) is 11.6 Å². The molecule has 2 bridgehead atoms. The van der Waals surface area contributed by atoms with Crippen molar-refractivity contribution < 1.29 is 4.79 Å². The maximum absolute atomic E-state index is 12.7. The Bertz CT molecular complexity index is 485. The summed E-state index contributed by atoms with van der Waals surface area (Å²) in [6.07, 6.45) is 4.09. The lowest BCUT2D eigenvalue weighted by atomic mass is 10.0. The fourth-order valence-electron chi connectivity index (χ4n) is 3.45. The van der Waals surface area contributed by atoms with Crippen LogP contribution in [-0.4, -0.2) is 28.3 Å². The lowest BCUT2D eigenvalue weighted by Gasteiger charge is -2.37. The summed E-state index contributed by atoms with van der Waals surface area (Å²) >= 11 is 9.74. The molecular weight excluding hydrogens is 326 g/mol. The molecule has 2 heterocycles. The Morgan fingerprint density at radius 1 is 1.26 bits per heavy atom. The summed E-state index contributed by atoms with van der Waals surface area (Å²) in [4.78, 5) is 14.8. The first-order valence-corrected chi connectivity index (χ1v) is 8.01. The lowest BCUT2D eigenvalue weighted by molar-refractivity contribution is 0.0599. The molecule has 0 radical (unpaired) electrons. The number of halogens is 2. The van der Waals surface area contributed by atoms with Crippen molar-refractivity contribution in [2.75, 3.05) is 0 Å². The highest BCUT2D eigenvalue weighted by atomic mass is 79.9. The number of hydrogen-bond donors (Lipinski definition) is 0. The normalized spacial score (nSPS) is 29.6. The molecule has 0 aromatic heterocycles. The number of hydrogen-bond acceptors (Lipinski definition) is 1. The smallest absolute Gasteiger partial charge is 0.254 e. The van der Waals surface area contributed by atoms with Crippen LogP contribution in [0.5, 0.6) is 0 Å². The van der Waals surface area contributed by atoms with E-state index in [-0.39, 0.29) is 11.3 Å². The minimum Gasteiger partial charge on any atom is -0.333 e. The van der Waals surface area contributed by atoms with Crippen LogP contribution in [0.3, 0.4) is 0 Å². The fourth-order valence-corrected chi connectivity index (χ4v) is 4.47. The summed E-state index contributed by atoms with van der Waals surface area (Å²) in [5, 5.41) is 0.241. The van der Waals surface area contributed by atoms with E-state index in [0.717, 1.165) is 41.3 Å². The van der Waals surface area contributed by atoms with Crippen molar-refractivity contribution in [1.29, 1.82) is 0 Å². The van der Waals surface area contributed by atoms with Crippen LogP contribution in [-0.2, 0) is 0 Å². The second-order valence-corrected chi connectivity index (χ2v) is 7.22. The van der Waals surface area contributed by atoms with E-state index in [9.17, 15) is 4.79 Å². The molecule has 2 nitrogen and oxygen atoms in total. The van der Waals surface area contributed by atoms with E-state index in [0.29, 0.717) is 12.1 Å². The zero-order valence-electron chi connectivity index (χ0n) is 10.9. The number of amides is 1. The van der Waals surface area contributed by atoms with Crippen molar-refractivity contribution in [1.82, 2.24) is 4.90 Å². The third kappa shape index (κ3) is 2.55. The molecule has 2 saturated heterocycles. The SMILES string of the molecule is Cc1cc(Br)cc(C(=O)N2C3CCC2CC(Cl)C3)c1. The predicted molar refractivity (Wildman–Crippen MR) is 80.7 cm³/mol. The molecule has 4 heteroatoms. The largest absolute Gasteiger partial charge is 0.333 e. The van der Waals surface area contributed by atoms with Crippen molar-refractivity contribution in [2.24, 2.45) is 0 Å². The summed E-state index contributed by atoms with van der Waals surface area (Å²) in [6.45, 7) is 2.02. The van der Waals surface area contributed by atoms with Gasteiger partial charge >= 0.3 is 0 Å². The van der Waals surface area contributed by atoms with E-state index in [1.807, 2.05) is 25.1 Å². The molecule has 2 atom stereocenters. The molecule has 0 saturated carbocycles. The summed E-state index contributed by atoms with van der Waals surface area (Å²) in [5.41, 5.74) is 1.90. The van der Waals surface area contributed by atoms with Crippen molar-refractivity contribution in [3.63, 3.8) is 0 Å². The highest BCUT2D eigenvalue weighted by molar-refractivity contribution is 9.10. The van der Waals surface area contributed by atoms with Gasteiger partial charge in [-0.1, -0.05) is 15.9 Å². The van der Waals surface area contributed by atoms with Crippen LogP contribution in [0.4, 0.5) is 0 Å². The van der Waals surface area contributed by atoms with Crippen molar-refractivity contribution in [2.45, 2.75) is 50.1 Å². The van der Waals surface area contributed by atoms with E-state index in [1.54, 1.807) is 0 Å². The Labute approximate surface area is 127 Å². The molecule has 3 rings (SSSR count). The summed E-state index contributed by atoms with van der Waals surface area (Å²) in [6, 6.07) is 6.60. The molecule has 1 amide bonds. The molecule has 19 heavy (non-hydrogen) atoms. The van der Waals surface area contributed by atoms with Gasteiger partial charge in [0.25, 0.3) is 5.91 Å². The molecule has 0 spiro atoms. The molecule has 1 aromatic rings. The van der Waals surface area contributed by atoms with Gasteiger partial charge in [-0.3, -0.25) is 4.79 Å². The van der Waals surface area contributed by atoms with Crippen LogP contribution in [0.25, 0.3) is 0 Å². The monoisotopic (exact) mass is 341 g/mol. The minimum atomic E-state index is 0.167. The van der Waals surface area contributed by atoms with E-state index in [2.05, 4.69) is 20.8 Å². The van der Waals surface area contributed by atoms with Crippen LogP contribution in [0, 0.1) is 6.92 Å². The number of aryl methyl sites for hydroxylation is 1. The molecule has 2 aliphatic heterocycles. The Kier molecular flexibility index (Phi) is 3.61. The lowest BCUT2D eigenvalue weighted by Crippen LogP contribution is -2.46. The summed E-state index contributed by atoms with van der Waals surface area (Å²) < 4.78 is 0.968. The van der Waals surface area contributed by atoms with E-state index >= 15 is 0 Å². The van der Waals surface area contributed by atoms with Gasteiger partial charge in [-0.2, -0.15) is 0 Å². The number of benzene rings is 1. The topological polar surface area (TPSA) is 20.3 Å². The zero-order valence-corrected chi connectivity index (χ0v) is 13.2. The molecule has 102 valence electrons.